The van der Waals surface area contributed by atoms with Crippen LogP contribution in [0.1, 0.15) is 5.56 Å². The minimum atomic E-state index is -4.40. The van der Waals surface area contributed by atoms with E-state index in [1.807, 2.05) is 0 Å². The summed E-state index contributed by atoms with van der Waals surface area (Å²) in [5.74, 6) is 0. The first-order valence-corrected chi connectivity index (χ1v) is 5.56. The van der Waals surface area contributed by atoms with E-state index >= 15 is 0 Å². The number of pyridine rings is 1. The van der Waals surface area contributed by atoms with Crippen molar-refractivity contribution in [2.75, 3.05) is 0 Å². The van der Waals surface area contributed by atoms with E-state index in [-0.39, 0.29) is 5.69 Å². The molecule has 0 saturated heterocycles. The van der Waals surface area contributed by atoms with E-state index in [1.165, 1.54) is 12.3 Å². The third kappa shape index (κ3) is 2.66. The van der Waals surface area contributed by atoms with Gasteiger partial charge in [-0.1, -0.05) is 28.1 Å². The largest absolute Gasteiger partial charge is 0.418 e. The molecule has 5 heteroatoms. The fourth-order valence-corrected chi connectivity index (χ4v) is 1.90. The van der Waals surface area contributed by atoms with Crippen LogP contribution >= 0.6 is 15.9 Å². The van der Waals surface area contributed by atoms with Crippen LogP contribution in [0.5, 0.6) is 0 Å². The number of benzene rings is 1. The molecule has 0 spiro atoms. The molecule has 0 fully saturated rings. The first-order chi connectivity index (χ1) is 7.98. The molecule has 1 aromatic carbocycles. The third-order valence-corrected chi connectivity index (χ3v) is 2.70. The summed E-state index contributed by atoms with van der Waals surface area (Å²) in [5, 5.41) is 0. The SMILES string of the molecule is FC(F)(F)c1cccnc1-c1cccc(Br)c1. The Balaban J connectivity index is 2.60. The highest BCUT2D eigenvalue weighted by molar-refractivity contribution is 9.10. The number of nitrogens with zero attached hydrogens (tertiary/aromatic N) is 1. The summed E-state index contributed by atoms with van der Waals surface area (Å²) >= 11 is 3.23. The van der Waals surface area contributed by atoms with E-state index in [2.05, 4.69) is 20.9 Å². The molecule has 2 aromatic rings. The van der Waals surface area contributed by atoms with Crippen LogP contribution in [0.4, 0.5) is 13.2 Å². The van der Waals surface area contributed by atoms with Gasteiger partial charge in [0.1, 0.15) is 0 Å². The Morgan fingerprint density at radius 3 is 2.47 bits per heavy atom. The van der Waals surface area contributed by atoms with Crippen molar-refractivity contribution < 1.29 is 13.2 Å². The predicted molar refractivity (Wildman–Crippen MR) is 62.4 cm³/mol. The number of halogens is 4. The van der Waals surface area contributed by atoms with Crippen molar-refractivity contribution in [3.63, 3.8) is 0 Å². The maximum Gasteiger partial charge on any atom is 0.418 e. The molecule has 1 nitrogen and oxygen atoms in total. The van der Waals surface area contributed by atoms with Gasteiger partial charge in [-0.2, -0.15) is 13.2 Å². The van der Waals surface area contributed by atoms with Gasteiger partial charge in [-0.3, -0.25) is 4.98 Å². The van der Waals surface area contributed by atoms with Crippen molar-refractivity contribution in [3.05, 3.63) is 52.6 Å². The smallest absolute Gasteiger partial charge is 0.256 e. The van der Waals surface area contributed by atoms with Crippen molar-refractivity contribution in [1.82, 2.24) is 4.98 Å². The third-order valence-electron chi connectivity index (χ3n) is 2.21. The summed E-state index contributed by atoms with van der Waals surface area (Å²) in [6.07, 6.45) is -3.04. The van der Waals surface area contributed by atoms with Crippen LogP contribution in [-0.2, 0) is 6.18 Å². The Hall–Kier alpha value is -1.36. The number of aromatic nitrogens is 1. The average molecular weight is 302 g/mol. The van der Waals surface area contributed by atoms with Crippen molar-refractivity contribution in [2.45, 2.75) is 6.18 Å². The summed E-state index contributed by atoms with van der Waals surface area (Å²) < 4.78 is 39.1. The fourth-order valence-electron chi connectivity index (χ4n) is 1.50. The predicted octanol–water partition coefficient (Wildman–Crippen LogP) is 4.53. The van der Waals surface area contributed by atoms with Gasteiger partial charge in [-0.25, -0.2) is 0 Å². The summed E-state index contributed by atoms with van der Waals surface area (Å²) in [6.45, 7) is 0. The van der Waals surface area contributed by atoms with E-state index in [0.29, 0.717) is 10.0 Å². The molecule has 17 heavy (non-hydrogen) atoms. The van der Waals surface area contributed by atoms with Crippen LogP contribution in [0, 0.1) is 0 Å². The highest BCUT2D eigenvalue weighted by Gasteiger charge is 2.34. The lowest BCUT2D eigenvalue weighted by Crippen LogP contribution is -2.08. The normalized spacial score (nSPS) is 11.5. The monoisotopic (exact) mass is 301 g/mol. The van der Waals surface area contributed by atoms with Crippen LogP contribution in [-0.4, -0.2) is 4.98 Å². The summed E-state index contributed by atoms with van der Waals surface area (Å²) in [4.78, 5) is 3.82. The van der Waals surface area contributed by atoms with Gasteiger partial charge in [-0.05, 0) is 24.3 Å². The molecule has 0 bridgehead atoms. The van der Waals surface area contributed by atoms with E-state index < -0.39 is 11.7 Å². The zero-order chi connectivity index (χ0) is 12.5. The molecule has 0 unspecified atom stereocenters. The Morgan fingerprint density at radius 2 is 1.82 bits per heavy atom. The van der Waals surface area contributed by atoms with E-state index in [4.69, 9.17) is 0 Å². The lowest BCUT2D eigenvalue weighted by atomic mass is 10.1. The lowest BCUT2D eigenvalue weighted by molar-refractivity contribution is -0.137. The molecule has 0 amide bonds. The van der Waals surface area contributed by atoms with E-state index in [9.17, 15) is 13.2 Å². The first kappa shape index (κ1) is 12.1. The fraction of sp³-hybridized carbons (Fsp3) is 0.0833. The highest BCUT2D eigenvalue weighted by Crippen LogP contribution is 2.36. The number of alkyl halides is 3. The minimum Gasteiger partial charge on any atom is -0.256 e. The standard InChI is InChI=1S/C12H7BrF3N/c13-9-4-1-3-8(7-9)11-10(12(14,15)16)5-2-6-17-11/h1-7H. The van der Waals surface area contributed by atoms with Gasteiger partial charge in [0.05, 0.1) is 11.3 Å². The Bertz CT molecular complexity index is 537. The van der Waals surface area contributed by atoms with Gasteiger partial charge in [0.25, 0.3) is 0 Å². The average Bonchev–Trinajstić information content (AvgIpc) is 2.28. The zero-order valence-corrected chi connectivity index (χ0v) is 10.1. The second-order valence-corrected chi connectivity index (χ2v) is 4.32. The molecule has 88 valence electrons. The molecule has 1 heterocycles. The molecule has 2 rings (SSSR count). The van der Waals surface area contributed by atoms with Gasteiger partial charge < -0.3 is 0 Å². The van der Waals surface area contributed by atoms with Crippen LogP contribution in [0.2, 0.25) is 0 Å². The van der Waals surface area contributed by atoms with Gasteiger partial charge in [-0.15, -0.1) is 0 Å². The molecular formula is C12H7BrF3N. The van der Waals surface area contributed by atoms with Crippen molar-refractivity contribution >= 4 is 15.9 Å². The van der Waals surface area contributed by atoms with Crippen molar-refractivity contribution in [3.8, 4) is 11.3 Å². The minimum absolute atomic E-state index is 0.0544. The van der Waals surface area contributed by atoms with Crippen molar-refractivity contribution in [1.29, 1.82) is 0 Å². The molecule has 0 aliphatic rings. The van der Waals surface area contributed by atoms with Crippen LogP contribution in [0.3, 0.4) is 0 Å². The van der Waals surface area contributed by atoms with Gasteiger partial charge >= 0.3 is 6.18 Å². The molecule has 0 saturated carbocycles. The van der Waals surface area contributed by atoms with Crippen LogP contribution < -0.4 is 0 Å². The summed E-state index contributed by atoms with van der Waals surface area (Å²) in [6, 6.07) is 8.95. The van der Waals surface area contributed by atoms with Crippen LogP contribution in [0.25, 0.3) is 11.3 Å². The Kier molecular flexibility index (Phi) is 3.19. The van der Waals surface area contributed by atoms with Gasteiger partial charge in [0.15, 0.2) is 0 Å². The molecule has 0 aliphatic heterocycles. The van der Waals surface area contributed by atoms with Crippen molar-refractivity contribution in [2.24, 2.45) is 0 Å². The molecule has 0 radical (unpaired) electrons. The second-order valence-electron chi connectivity index (χ2n) is 3.41. The second kappa shape index (κ2) is 4.49. The van der Waals surface area contributed by atoms with Crippen LogP contribution in [0.15, 0.2) is 47.1 Å². The first-order valence-electron chi connectivity index (χ1n) is 4.76. The molecule has 0 N–H and O–H groups in total. The molecular weight excluding hydrogens is 295 g/mol. The Labute approximate surface area is 104 Å². The topological polar surface area (TPSA) is 12.9 Å². The Morgan fingerprint density at radius 1 is 1.06 bits per heavy atom. The summed E-state index contributed by atoms with van der Waals surface area (Å²) in [5.41, 5.74) is -0.341. The number of hydrogen-bond acceptors (Lipinski definition) is 1. The van der Waals surface area contributed by atoms with Gasteiger partial charge in [0.2, 0.25) is 0 Å². The highest BCUT2D eigenvalue weighted by atomic mass is 79.9. The maximum atomic E-state index is 12.8. The quantitative estimate of drug-likeness (QED) is 0.754. The molecule has 0 atom stereocenters. The summed E-state index contributed by atoms with van der Waals surface area (Å²) in [7, 11) is 0. The maximum absolute atomic E-state index is 12.8. The number of hydrogen-bond donors (Lipinski definition) is 0. The van der Waals surface area contributed by atoms with E-state index in [1.54, 1.807) is 24.3 Å². The van der Waals surface area contributed by atoms with Gasteiger partial charge in [0, 0.05) is 16.2 Å². The zero-order valence-electron chi connectivity index (χ0n) is 8.50. The number of rotatable bonds is 1. The van der Waals surface area contributed by atoms with E-state index in [0.717, 1.165) is 6.07 Å². The molecule has 0 aliphatic carbocycles. The lowest BCUT2D eigenvalue weighted by Gasteiger charge is -2.11. The molecule has 1 aromatic heterocycles.